The van der Waals surface area contributed by atoms with E-state index in [-0.39, 0.29) is 0 Å². The van der Waals surface area contributed by atoms with Crippen LogP contribution < -0.4 is 0 Å². The van der Waals surface area contributed by atoms with Crippen LogP contribution in [0.5, 0.6) is 0 Å². The molecule has 3 nitrogen and oxygen atoms in total. The minimum absolute atomic E-state index is 0.484. The van der Waals surface area contributed by atoms with Gasteiger partial charge in [0.25, 0.3) is 0 Å². The highest BCUT2D eigenvalue weighted by atomic mass is 32.2. The smallest absolute Gasteiger partial charge is 0.257 e. The fourth-order valence-electron chi connectivity index (χ4n) is 4.49. The van der Waals surface area contributed by atoms with Crippen molar-refractivity contribution < 1.29 is 12.6 Å². The van der Waals surface area contributed by atoms with Gasteiger partial charge in [0.05, 0.1) is 0 Å². The highest BCUT2D eigenvalue weighted by molar-refractivity contribution is 7.75. The Bertz CT molecular complexity index is 669. The lowest BCUT2D eigenvalue weighted by Gasteiger charge is -2.32. The Hall–Kier alpha value is -1.49. The third-order valence-corrected chi connectivity index (χ3v) is 6.79. The van der Waals surface area contributed by atoms with Crippen LogP contribution in [0.25, 0.3) is 0 Å². The number of hydrogen-bond donors (Lipinski definition) is 0. The van der Waals surface area contributed by atoms with Crippen LogP contribution in [0.4, 0.5) is 0 Å². The Morgan fingerprint density at radius 1 is 0.615 bits per heavy atom. The maximum atomic E-state index is 13.0. The number of benzene rings is 2. The van der Waals surface area contributed by atoms with Crippen LogP contribution in [0, 0.1) is 0 Å². The Kier molecular flexibility index (Phi) is 5.25. The van der Waals surface area contributed by atoms with Crippen molar-refractivity contribution in [3.05, 3.63) is 71.8 Å². The summed E-state index contributed by atoms with van der Waals surface area (Å²) in [6.45, 7) is 0. The van der Waals surface area contributed by atoms with Crippen LogP contribution in [-0.4, -0.2) is 4.21 Å². The van der Waals surface area contributed by atoms with E-state index in [1.165, 1.54) is 0 Å². The molecule has 0 saturated heterocycles. The van der Waals surface area contributed by atoms with Gasteiger partial charge in [-0.3, -0.25) is 8.37 Å². The van der Waals surface area contributed by atoms with E-state index in [2.05, 4.69) is 24.3 Å². The Morgan fingerprint density at radius 2 is 0.962 bits per heavy atom. The summed E-state index contributed by atoms with van der Waals surface area (Å²) >= 11 is -1.78. The Balaban J connectivity index is 1.55. The zero-order valence-corrected chi connectivity index (χ0v) is 15.9. The van der Waals surface area contributed by atoms with E-state index >= 15 is 0 Å². The Morgan fingerprint density at radius 3 is 1.31 bits per heavy atom. The molecule has 2 saturated carbocycles. The molecule has 2 aromatic rings. The summed E-state index contributed by atoms with van der Waals surface area (Å²) in [7, 11) is 0. The minimum Gasteiger partial charge on any atom is -0.257 e. The largest absolute Gasteiger partial charge is 0.306 e. The lowest BCUT2D eigenvalue weighted by Crippen LogP contribution is -2.33. The standard InChI is InChI=1S/C22H26O3S/c23-26(24-21(15-7-8-16-21)19-11-3-1-4-12-19)25-22(17-9-10-18-22)20-13-5-2-6-14-20/h1-6,11-14H,7-10,15-18H2. The quantitative estimate of drug-likeness (QED) is 0.670. The molecular formula is C22H26O3S. The van der Waals surface area contributed by atoms with Gasteiger partial charge in [-0.05, 0) is 36.8 Å². The Labute approximate surface area is 158 Å². The first kappa shape index (κ1) is 17.9. The molecule has 0 unspecified atom stereocenters. The average molecular weight is 371 g/mol. The van der Waals surface area contributed by atoms with Crippen molar-refractivity contribution >= 4 is 11.4 Å². The zero-order valence-electron chi connectivity index (χ0n) is 15.1. The van der Waals surface area contributed by atoms with Crippen LogP contribution in [-0.2, 0) is 30.9 Å². The van der Waals surface area contributed by atoms with Crippen molar-refractivity contribution in [3.63, 3.8) is 0 Å². The summed E-state index contributed by atoms with van der Waals surface area (Å²) in [5.41, 5.74) is 1.25. The van der Waals surface area contributed by atoms with Crippen molar-refractivity contribution in [1.29, 1.82) is 0 Å². The SMILES string of the molecule is O=S(OC1(c2ccccc2)CCCC1)OC1(c2ccccc2)CCCC1. The fraction of sp³-hybridized carbons (Fsp3) is 0.455. The van der Waals surface area contributed by atoms with Crippen molar-refractivity contribution in [2.45, 2.75) is 62.6 Å². The van der Waals surface area contributed by atoms with Gasteiger partial charge in [-0.15, -0.1) is 0 Å². The molecule has 2 aromatic carbocycles. The second-order valence-corrected chi connectivity index (χ2v) is 8.25. The van der Waals surface area contributed by atoms with Gasteiger partial charge < -0.3 is 0 Å². The predicted octanol–water partition coefficient (Wildman–Crippen LogP) is 5.54. The molecule has 0 aromatic heterocycles. The molecule has 138 valence electrons. The molecular weight excluding hydrogens is 344 g/mol. The van der Waals surface area contributed by atoms with Crippen molar-refractivity contribution in [3.8, 4) is 0 Å². The molecule has 26 heavy (non-hydrogen) atoms. The normalized spacial score (nSPS) is 21.3. The molecule has 0 amide bonds. The van der Waals surface area contributed by atoms with Gasteiger partial charge in [0.15, 0.2) is 0 Å². The van der Waals surface area contributed by atoms with E-state index < -0.39 is 22.6 Å². The monoisotopic (exact) mass is 370 g/mol. The van der Waals surface area contributed by atoms with Crippen LogP contribution in [0.15, 0.2) is 60.7 Å². The second kappa shape index (κ2) is 7.63. The summed E-state index contributed by atoms with van der Waals surface area (Å²) in [6.07, 6.45) is 7.95. The zero-order chi connectivity index (χ0) is 17.9. The van der Waals surface area contributed by atoms with E-state index in [0.717, 1.165) is 62.5 Å². The molecule has 0 bridgehead atoms. The van der Waals surface area contributed by atoms with E-state index in [1.54, 1.807) is 0 Å². The molecule has 2 aliphatic carbocycles. The van der Waals surface area contributed by atoms with Crippen LogP contribution in [0.3, 0.4) is 0 Å². The summed E-state index contributed by atoms with van der Waals surface area (Å²) < 4.78 is 25.3. The lowest BCUT2D eigenvalue weighted by atomic mass is 9.92. The maximum absolute atomic E-state index is 13.0. The van der Waals surface area contributed by atoms with Crippen molar-refractivity contribution in [2.75, 3.05) is 0 Å². The summed E-state index contributed by atoms with van der Waals surface area (Å²) in [4.78, 5) is 0. The third-order valence-electron chi connectivity index (χ3n) is 5.88. The van der Waals surface area contributed by atoms with E-state index in [4.69, 9.17) is 8.37 Å². The third kappa shape index (κ3) is 3.51. The molecule has 0 radical (unpaired) electrons. The summed E-state index contributed by atoms with van der Waals surface area (Å²) in [5, 5.41) is 0. The molecule has 0 N–H and O–H groups in total. The van der Waals surface area contributed by atoms with Crippen molar-refractivity contribution in [2.24, 2.45) is 0 Å². The van der Waals surface area contributed by atoms with Gasteiger partial charge in [-0.2, -0.15) is 4.21 Å². The van der Waals surface area contributed by atoms with Crippen molar-refractivity contribution in [1.82, 2.24) is 0 Å². The first-order valence-electron chi connectivity index (χ1n) is 9.64. The fourth-order valence-corrected chi connectivity index (χ4v) is 5.57. The minimum atomic E-state index is -1.78. The molecule has 4 rings (SSSR count). The first-order valence-corrected chi connectivity index (χ1v) is 10.6. The molecule has 0 spiro atoms. The molecule has 4 heteroatoms. The van der Waals surface area contributed by atoms with Crippen LogP contribution in [0.1, 0.15) is 62.5 Å². The number of rotatable bonds is 6. The van der Waals surface area contributed by atoms with Crippen LogP contribution in [0.2, 0.25) is 0 Å². The molecule has 0 atom stereocenters. The highest BCUT2D eigenvalue weighted by Crippen LogP contribution is 2.46. The van der Waals surface area contributed by atoms with Gasteiger partial charge in [0.2, 0.25) is 0 Å². The maximum Gasteiger partial charge on any atom is 0.306 e. The van der Waals surface area contributed by atoms with E-state index in [1.807, 2.05) is 36.4 Å². The van der Waals surface area contributed by atoms with Gasteiger partial charge in [-0.25, -0.2) is 0 Å². The summed E-state index contributed by atoms with van der Waals surface area (Å²) in [5.74, 6) is 0. The van der Waals surface area contributed by atoms with Crippen LogP contribution >= 0.6 is 0 Å². The first-order chi connectivity index (χ1) is 12.7. The van der Waals surface area contributed by atoms with E-state index in [0.29, 0.717) is 0 Å². The lowest BCUT2D eigenvalue weighted by molar-refractivity contribution is 0.0253. The number of hydrogen-bond acceptors (Lipinski definition) is 3. The van der Waals surface area contributed by atoms with Gasteiger partial charge in [0, 0.05) is 0 Å². The molecule has 2 fully saturated rings. The highest BCUT2D eigenvalue weighted by Gasteiger charge is 2.43. The average Bonchev–Trinajstić information content (AvgIpc) is 3.34. The summed E-state index contributed by atoms with van der Waals surface area (Å²) in [6, 6.07) is 20.4. The molecule has 0 aliphatic heterocycles. The predicted molar refractivity (Wildman–Crippen MR) is 103 cm³/mol. The topological polar surface area (TPSA) is 35.5 Å². The van der Waals surface area contributed by atoms with Gasteiger partial charge in [-0.1, -0.05) is 86.3 Å². The van der Waals surface area contributed by atoms with Gasteiger partial charge >= 0.3 is 11.4 Å². The van der Waals surface area contributed by atoms with Gasteiger partial charge in [0.1, 0.15) is 11.2 Å². The second-order valence-electron chi connectivity index (χ2n) is 7.51. The van der Waals surface area contributed by atoms with E-state index in [9.17, 15) is 4.21 Å². The molecule has 0 heterocycles. The molecule has 2 aliphatic rings.